The van der Waals surface area contributed by atoms with Crippen LogP contribution in [-0.2, 0) is 62.3 Å². The van der Waals surface area contributed by atoms with Gasteiger partial charge in [0, 0.05) is 51.9 Å². The Kier molecular flexibility index (Phi) is 46.3. The van der Waals surface area contributed by atoms with Crippen LogP contribution in [0.2, 0.25) is 0 Å². The number of pyridine rings is 1. The number of aromatic hydroxyl groups is 2. The molecule has 0 radical (unpaired) electrons. The Balaban J connectivity index is 0.000000336. The summed E-state index contributed by atoms with van der Waals surface area (Å²) in [6.07, 6.45) is 24.6. The quantitative estimate of drug-likeness (QED) is 0.0135. The van der Waals surface area contributed by atoms with E-state index in [9.17, 15) is 82.1 Å². The molecule has 0 amide bonds. The third-order valence-corrected chi connectivity index (χ3v) is 15.9. The molecule has 4 N–H and O–H groups in total. The maximum absolute atomic E-state index is 13.0. The molecule has 9 aromatic carbocycles. The van der Waals surface area contributed by atoms with Crippen LogP contribution < -0.4 is 53.1 Å². The summed E-state index contributed by atoms with van der Waals surface area (Å²) in [7, 11) is 5.60. The first-order valence-corrected chi connectivity index (χ1v) is 39.3. The van der Waals surface area contributed by atoms with E-state index in [1.165, 1.54) is 188 Å². The number of hydrogen-bond donors (Lipinski definition) is 3. The van der Waals surface area contributed by atoms with E-state index >= 15 is 0 Å². The average molecular weight is 1800 g/mol. The van der Waals surface area contributed by atoms with Gasteiger partial charge in [0.05, 0.1) is 34.0 Å². The van der Waals surface area contributed by atoms with Gasteiger partial charge in [-0.25, -0.2) is 24.0 Å². The van der Waals surface area contributed by atoms with Gasteiger partial charge in [0.15, 0.2) is 69.2 Å². The maximum Gasteiger partial charge on any atom is 0.379 e. The highest BCUT2D eigenvalue weighted by molar-refractivity contribution is 6.33. The van der Waals surface area contributed by atoms with Crippen LogP contribution in [0.5, 0.6) is 69.0 Å². The zero-order valence-corrected chi connectivity index (χ0v) is 74.4. The van der Waals surface area contributed by atoms with Crippen LogP contribution in [0.1, 0.15) is 139 Å². The Labute approximate surface area is 761 Å². The minimum atomic E-state index is -0.909. The number of rotatable bonds is 28. The molecule has 0 atom stereocenters. The number of ether oxygens (including phenoxy) is 11. The molecule has 682 valence electrons. The number of esters is 8. The second kappa shape index (κ2) is 57.2. The number of Topliss-reactive ketones (excluding diaryl/α,β-unsaturated/α-hetero) is 1. The molecule has 0 bridgehead atoms. The van der Waals surface area contributed by atoms with Crippen LogP contribution in [0.4, 0.5) is 5.69 Å². The summed E-state index contributed by atoms with van der Waals surface area (Å²) in [5, 5.41) is 18.9. The van der Waals surface area contributed by atoms with Crippen LogP contribution in [0.15, 0.2) is 261 Å². The standard InChI is InChI=1S/C28H22O10.C16H13NO3.C13H12O4.C12H14O4.C12H12O3.C11H12O3.C10H11NO/c1-17(29)35-22-10-6-4-8-20(22)27(32)37-24-14-12-19(13-15-26(31)34-3)16-25(24)38-28(33)21-9-5-7-11-23(21)36-18(2)30;1-12(18)4-5-13-6-8-15(9-7-13)20-16(19)14-3-2-10-17-11-14;1-9(14)3-4-11-5-7-12(8-6-11)17-13(16)10(2)15;1-8(13)4-5-9-6-10(15-2)12(14)11(7-9)16-3;1-9(13)3-4-11-5-7-12(8-6-11)15-10(2)14;1-8(12)3-4-9-5-6-10(13)11(7-9)14-2;1-8(12)2-3-9-4-6-10(11)7-5-9/h4-16H,1-3H3;2-11H,1H3;3-8H,1-2H3;4-7,14H,1-3H3;3-8H,1-2H3;3-7,13H,1-2H3;2-7H,11H2,1H3/b15-13+;5-4+;4-3+;5-4+;2*4-3+;3-2+. The van der Waals surface area contributed by atoms with Gasteiger partial charge in [-0.15, -0.1) is 0 Å². The van der Waals surface area contributed by atoms with Crippen LogP contribution in [0, 0.1) is 0 Å². The predicted octanol–water partition coefficient (Wildman–Crippen LogP) is 16.9. The average Bonchev–Trinajstić information content (AvgIpc) is 0.829. The number of aromatic nitrogens is 1. The highest BCUT2D eigenvalue weighted by Gasteiger charge is 2.23. The molecule has 30 nitrogen and oxygen atoms in total. The fourth-order valence-corrected chi connectivity index (χ4v) is 9.72. The molecule has 10 aromatic rings. The van der Waals surface area contributed by atoms with Crippen molar-refractivity contribution in [3.63, 3.8) is 0 Å². The summed E-state index contributed by atoms with van der Waals surface area (Å²) in [6, 6.07) is 55.2. The number of methoxy groups -OCH3 is 4. The fraction of sp³-hybridized carbons (Fsp3) is 0.137. The molecule has 0 aliphatic rings. The Morgan fingerprint density at radius 1 is 0.303 bits per heavy atom. The number of carbonyl (C=O) groups is 15. The second-order valence-electron chi connectivity index (χ2n) is 26.9. The minimum Gasteiger partial charge on any atom is -0.504 e. The Bertz CT molecular complexity index is 5910. The number of benzene rings is 9. The third kappa shape index (κ3) is 42.5. The highest BCUT2D eigenvalue weighted by atomic mass is 16.6. The number of hydrogen-bond acceptors (Lipinski definition) is 30. The van der Waals surface area contributed by atoms with Gasteiger partial charge in [-0.2, -0.15) is 0 Å². The molecule has 0 aliphatic carbocycles. The molecule has 0 fully saturated rings. The van der Waals surface area contributed by atoms with E-state index in [0.717, 1.165) is 52.1 Å². The number of nitrogens with two attached hydrogens (primary N) is 1. The second-order valence-corrected chi connectivity index (χ2v) is 26.9. The van der Waals surface area contributed by atoms with E-state index in [-0.39, 0.29) is 86.3 Å². The fourth-order valence-electron chi connectivity index (χ4n) is 9.72. The first-order chi connectivity index (χ1) is 62.8. The number of phenolic OH excluding ortho intramolecular Hbond substituents is 2. The first kappa shape index (κ1) is 107. The van der Waals surface area contributed by atoms with E-state index in [1.54, 1.807) is 188 Å². The lowest BCUT2D eigenvalue weighted by molar-refractivity contribution is -0.146. The van der Waals surface area contributed by atoms with Gasteiger partial charge in [0.25, 0.3) is 0 Å². The molecule has 10 rings (SSSR count). The largest absolute Gasteiger partial charge is 0.504 e. The normalized spacial score (nSPS) is 10.4. The van der Waals surface area contributed by atoms with Crippen molar-refractivity contribution in [3.8, 4) is 69.0 Å². The molecule has 30 heteroatoms. The number of phenols is 2. The number of allylic oxidation sites excluding steroid dienone is 6. The van der Waals surface area contributed by atoms with Gasteiger partial charge in [0.1, 0.15) is 39.9 Å². The SMILES string of the molecule is CC(=O)/C=C/c1ccc(N)cc1.CC(=O)/C=C/c1ccc(OC(=O)C(C)=O)cc1.CC(=O)/C=C/c1ccc(OC(=O)c2cccnc2)cc1.CC(=O)/C=C/c1ccc(OC(C)=O)cc1.COC(=O)/C=C/c1ccc(OC(=O)c2ccccc2OC(C)=O)c(OC(=O)c2ccccc2OC(C)=O)c1.COc1cc(/C=C/C(C)=O)cc(OC)c1O.COc1cc(/C=C/C(C)=O)ccc1O. The van der Waals surface area contributed by atoms with Crippen molar-refractivity contribution in [2.45, 2.75) is 69.2 Å². The number of para-hydroxylation sites is 2. The van der Waals surface area contributed by atoms with Crippen LogP contribution in [0.3, 0.4) is 0 Å². The van der Waals surface area contributed by atoms with Crippen molar-refractivity contribution in [2.24, 2.45) is 0 Å². The van der Waals surface area contributed by atoms with Crippen molar-refractivity contribution in [3.05, 3.63) is 317 Å². The van der Waals surface area contributed by atoms with Gasteiger partial charge < -0.3 is 68.1 Å². The van der Waals surface area contributed by atoms with Crippen LogP contribution >= 0.6 is 0 Å². The lowest BCUT2D eigenvalue weighted by atomic mass is 10.1. The van der Waals surface area contributed by atoms with Crippen molar-refractivity contribution < 1.29 is 134 Å². The van der Waals surface area contributed by atoms with E-state index in [1.807, 2.05) is 12.1 Å². The van der Waals surface area contributed by atoms with Crippen molar-refractivity contribution in [1.82, 2.24) is 4.98 Å². The van der Waals surface area contributed by atoms with E-state index in [0.29, 0.717) is 45.6 Å². The van der Waals surface area contributed by atoms with Gasteiger partial charge in [-0.1, -0.05) is 121 Å². The lowest BCUT2D eigenvalue weighted by Gasteiger charge is -2.14. The van der Waals surface area contributed by atoms with Crippen molar-refractivity contribution in [1.29, 1.82) is 0 Å². The van der Waals surface area contributed by atoms with E-state index in [2.05, 4.69) is 9.72 Å². The summed E-state index contributed by atoms with van der Waals surface area (Å²) in [6.45, 7) is 13.8. The maximum atomic E-state index is 13.0. The molecule has 1 heterocycles. The Morgan fingerprint density at radius 3 is 1.02 bits per heavy atom. The number of nitrogens with zero attached hydrogens (tertiary/aromatic N) is 1. The summed E-state index contributed by atoms with van der Waals surface area (Å²) >= 11 is 0. The monoisotopic (exact) mass is 1800 g/mol. The molecular formula is C102H96N2O28. The molecule has 0 saturated carbocycles. The third-order valence-electron chi connectivity index (χ3n) is 15.9. The van der Waals surface area contributed by atoms with E-state index < -0.39 is 47.6 Å². The highest BCUT2D eigenvalue weighted by Crippen LogP contribution is 2.38. The summed E-state index contributed by atoms with van der Waals surface area (Å²) in [5.41, 5.74) is 12.0. The molecule has 1 aromatic heterocycles. The zero-order chi connectivity index (χ0) is 97.8. The molecule has 0 saturated heterocycles. The molecule has 0 unspecified atom stereocenters. The molecule has 0 spiro atoms. The smallest absolute Gasteiger partial charge is 0.379 e. The van der Waals surface area contributed by atoms with Gasteiger partial charge >= 0.3 is 47.8 Å². The summed E-state index contributed by atoms with van der Waals surface area (Å²) < 4.78 is 55.5. The van der Waals surface area contributed by atoms with Crippen molar-refractivity contribution in [2.75, 3.05) is 34.2 Å². The van der Waals surface area contributed by atoms with Crippen molar-refractivity contribution >= 4 is 136 Å². The van der Waals surface area contributed by atoms with Crippen LogP contribution in [-0.4, -0.2) is 132 Å². The zero-order valence-electron chi connectivity index (χ0n) is 74.4. The number of anilines is 1. The number of nitrogen functional groups attached to an aromatic ring is 1. The predicted molar refractivity (Wildman–Crippen MR) is 494 cm³/mol. The number of carbonyl (C=O) groups excluding carboxylic acids is 15. The van der Waals surface area contributed by atoms with E-state index in [4.69, 9.17) is 53.1 Å². The van der Waals surface area contributed by atoms with Gasteiger partial charge in [0.2, 0.25) is 11.5 Å². The number of ketones is 7. The summed E-state index contributed by atoms with van der Waals surface area (Å²) in [5.74, 6) is -4.18. The first-order valence-electron chi connectivity index (χ1n) is 39.3. The molecular weight excluding hydrogens is 1700 g/mol. The van der Waals surface area contributed by atoms with Gasteiger partial charge in [-0.3, -0.25) is 52.9 Å². The van der Waals surface area contributed by atoms with Gasteiger partial charge in [-0.05, 0) is 244 Å². The topological polar surface area (TPSA) is 437 Å². The molecule has 0 aliphatic heterocycles. The minimum absolute atomic E-state index is 0.000868. The molecule has 132 heavy (non-hydrogen) atoms. The Hall–Kier alpha value is -17.4. The van der Waals surface area contributed by atoms with Crippen LogP contribution in [0.25, 0.3) is 42.5 Å². The summed E-state index contributed by atoms with van der Waals surface area (Å²) in [4.78, 5) is 173. The Morgan fingerprint density at radius 2 is 0.644 bits per heavy atom. The lowest BCUT2D eigenvalue weighted by Crippen LogP contribution is -2.16.